The normalized spacial score (nSPS) is 13.8. The molecule has 1 aliphatic heterocycles. The minimum absolute atomic E-state index is 0.120. The molecule has 2 rings (SSSR count). The molecular weight excluding hydrogens is 378 g/mol. The van der Waals surface area contributed by atoms with Gasteiger partial charge in [-0.3, -0.25) is 9.59 Å². The summed E-state index contributed by atoms with van der Waals surface area (Å²) in [6.07, 6.45) is -0.354. The highest BCUT2D eigenvalue weighted by Gasteiger charge is 2.25. The lowest BCUT2D eigenvalue weighted by Gasteiger charge is -2.34. The highest BCUT2D eigenvalue weighted by atomic mass is 16.6. The second kappa shape index (κ2) is 10.5. The van der Waals surface area contributed by atoms with E-state index in [0.717, 1.165) is 0 Å². The van der Waals surface area contributed by atoms with Crippen LogP contribution in [0.5, 0.6) is 11.5 Å². The molecule has 1 N–H and O–H groups in total. The van der Waals surface area contributed by atoms with Crippen molar-refractivity contribution in [2.24, 2.45) is 5.92 Å². The van der Waals surface area contributed by atoms with Crippen LogP contribution in [0.25, 0.3) is 0 Å². The van der Waals surface area contributed by atoms with Crippen molar-refractivity contribution < 1.29 is 28.6 Å². The van der Waals surface area contributed by atoms with Crippen LogP contribution in [0.3, 0.4) is 0 Å². The minimum atomic E-state index is -0.379. The maximum absolute atomic E-state index is 12.4. The van der Waals surface area contributed by atoms with Crippen LogP contribution in [0.4, 0.5) is 4.79 Å². The molecule has 1 heterocycles. The third-order valence-corrected chi connectivity index (χ3v) is 4.48. The Morgan fingerprint density at radius 1 is 1.00 bits per heavy atom. The van der Waals surface area contributed by atoms with Gasteiger partial charge < -0.3 is 29.3 Å². The van der Waals surface area contributed by atoms with Crippen molar-refractivity contribution in [2.45, 2.75) is 13.8 Å². The van der Waals surface area contributed by atoms with Crippen molar-refractivity contribution in [2.75, 3.05) is 53.6 Å². The zero-order valence-corrected chi connectivity index (χ0v) is 17.4. The first-order valence-electron chi connectivity index (χ1n) is 9.55. The van der Waals surface area contributed by atoms with E-state index in [1.165, 1.54) is 14.2 Å². The van der Waals surface area contributed by atoms with Gasteiger partial charge in [0.05, 0.1) is 27.4 Å². The summed E-state index contributed by atoms with van der Waals surface area (Å²) in [4.78, 5) is 39.9. The number of carbonyl (C=O) groups excluding carboxylic acids is 3. The quantitative estimate of drug-likeness (QED) is 0.733. The zero-order valence-electron chi connectivity index (χ0n) is 17.4. The Hall–Kier alpha value is -2.97. The fourth-order valence-corrected chi connectivity index (χ4v) is 2.81. The number of amides is 3. The molecule has 160 valence electrons. The third kappa shape index (κ3) is 6.27. The number of nitrogens with zero attached hydrogens (tertiary/aromatic N) is 2. The molecule has 0 atom stereocenters. The van der Waals surface area contributed by atoms with Crippen LogP contribution in [0, 0.1) is 5.92 Å². The van der Waals surface area contributed by atoms with Gasteiger partial charge in [-0.1, -0.05) is 13.8 Å². The molecule has 9 nitrogen and oxygen atoms in total. The number of hydrogen-bond donors (Lipinski definition) is 1. The summed E-state index contributed by atoms with van der Waals surface area (Å²) in [5, 5.41) is 2.62. The first-order chi connectivity index (χ1) is 13.8. The molecule has 0 aliphatic carbocycles. The summed E-state index contributed by atoms with van der Waals surface area (Å²) in [7, 11) is 3.00. The van der Waals surface area contributed by atoms with Crippen LogP contribution in [-0.2, 0) is 9.53 Å². The molecule has 29 heavy (non-hydrogen) atoms. The molecule has 1 fully saturated rings. The fourth-order valence-electron chi connectivity index (χ4n) is 2.81. The van der Waals surface area contributed by atoms with Crippen molar-refractivity contribution in [1.29, 1.82) is 0 Å². The molecule has 3 amide bonds. The van der Waals surface area contributed by atoms with Crippen molar-refractivity contribution in [3.8, 4) is 11.5 Å². The van der Waals surface area contributed by atoms with Crippen LogP contribution in [-0.4, -0.2) is 81.3 Å². The van der Waals surface area contributed by atoms with E-state index in [-0.39, 0.29) is 30.4 Å². The van der Waals surface area contributed by atoms with E-state index in [1.54, 1.807) is 28.0 Å². The number of hydrogen-bond acceptors (Lipinski definition) is 6. The molecule has 0 aromatic heterocycles. The van der Waals surface area contributed by atoms with Crippen molar-refractivity contribution in [3.63, 3.8) is 0 Å². The van der Waals surface area contributed by atoms with Crippen LogP contribution in [0.15, 0.2) is 18.2 Å². The zero-order chi connectivity index (χ0) is 21.4. The lowest BCUT2D eigenvalue weighted by molar-refractivity contribution is -0.131. The topological polar surface area (TPSA) is 97.4 Å². The summed E-state index contributed by atoms with van der Waals surface area (Å²) in [6.45, 7) is 5.83. The fraction of sp³-hybridized carbons (Fsp3) is 0.550. The highest BCUT2D eigenvalue weighted by Crippen LogP contribution is 2.27. The van der Waals surface area contributed by atoms with E-state index in [9.17, 15) is 14.4 Å². The van der Waals surface area contributed by atoms with Crippen molar-refractivity contribution in [3.05, 3.63) is 23.8 Å². The predicted octanol–water partition coefficient (Wildman–Crippen LogP) is 1.37. The lowest BCUT2D eigenvalue weighted by Crippen LogP contribution is -2.52. The highest BCUT2D eigenvalue weighted by molar-refractivity contribution is 5.97. The van der Waals surface area contributed by atoms with Gasteiger partial charge in [-0.2, -0.15) is 0 Å². The van der Waals surface area contributed by atoms with Gasteiger partial charge in [-0.15, -0.1) is 0 Å². The van der Waals surface area contributed by atoms with E-state index in [4.69, 9.17) is 14.2 Å². The lowest BCUT2D eigenvalue weighted by atomic mass is 10.2. The van der Waals surface area contributed by atoms with Gasteiger partial charge in [0.1, 0.15) is 0 Å². The summed E-state index contributed by atoms with van der Waals surface area (Å²) in [5.41, 5.74) is 0.369. The molecule has 0 saturated carbocycles. The van der Waals surface area contributed by atoms with Crippen LogP contribution >= 0.6 is 0 Å². The second-order valence-electron chi connectivity index (χ2n) is 7.09. The number of methoxy groups -OCH3 is 2. The van der Waals surface area contributed by atoms with Gasteiger partial charge in [-0.25, -0.2) is 4.79 Å². The third-order valence-electron chi connectivity index (χ3n) is 4.48. The van der Waals surface area contributed by atoms with Gasteiger partial charge in [0.25, 0.3) is 5.91 Å². The Labute approximate surface area is 170 Å². The number of nitrogens with one attached hydrogen (secondary N) is 1. The maximum Gasteiger partial charge on any atom is 0.409 e. The molecule has 0 unspecified atom stereocenters. The second-order valence-corrected chi connectivity index (χ2v) is 7.09. The summed E-state index contributed by atoms with van der Waals surface area (Å²) in [5.74, 6) is 0.650. The molecule has 0 bridgehead atoms. The first-order valence-corrected chi connectivity index (χ1v) is 9.55. The summed E-state index contributed by atoms with van der Waals surface area (Å²) in [6, 6.07) is 4.79. The molecule has 1 aromatic rings. The van der Waals surface area contributed by atoms with Gasteiger partial charge in [0.15, 0.2) is 11.5 Å². The number of benzene rings is 1. The summed E-state index contributed by atoms with van der Waals surface area (Å²) < 4.78 is 15.5. The molecule has 1 saturated heterocycles. The Bertz CT molecular complexity index is 729. The van der Waals surface area contributed by atoms with Gasteiger partial charge in [0, 0.05) is 31.7 Å². The van der Waals surface area contributed by atoms with E-state index >= 15 is 0 Å². The first kappa shape index (κ1) is 22.3. The monoisotopic (exact) mass is 407 g/mol. The summed E-state index contributed by atoms with van der Waals surface area (Å²) >= 11 is 0. The van der Waals surface area contributed by atoms with Crippen LogP contribution in [0.1, 0.15) is 24.2 Å². The van der Waals surface area contributed by atoms with Gasteiger partial charge in [0.2, 0.25) is 5.91 Å². The molecule has 1 aliphatic rings. The van der Waals surface area contributed by atoms with E-state index in [1.807, 2.05) is 13.8 Å². The molecule has 0 spiro atoms. The standard InChI is InChI=1S/C20H29N3O6/c1-14(2)13-29-20(26)23-9-7-22(8-10-23)18(24)12-21-19(25)15-5-6-16(27-3)17(11-15)28-4/h5-6,11,14H,7-10,12-13H2,1-4H3,(H,21,25). The number of ether oxygens (including phenoxy) is 3. The molecular formula is C20H29N3O6. The van der Waals surface area contributed by atoms with Crippen molar-refractivity contribution in [1.82, 2.24) is 15.1 Å². The molecule has 0 radical (unpaired) electrons. The Morgan fingerprint density at radius 3 is 2.21 bits per heavy atom. The van der Waals surface area contributed by atoms with Gasteiger partial charge >= 0.3 is 6.09 Å². The average Bonchev–Trinajstić information content (AvgIpc) is 2.74. The predicted molar refractivity (Wildman–Crippen MR) is 106 cm³/mol. The average molecular weight is 407 g/mol. The molecule has 9 heteroatoms. The number of rotatable bonds is 7. The van der Waals surface area contributed by atoms with Crippen LogP contribution < -0.4 is 14.8 Å². The Morgan fingerprint density at radius 2 is 1.62 bits per heavy atom. The smallest absolute Gasteiger partial charge is 0.409 e. The largest absolute Gasteiger partial charge is 0.493 e. The Balaban J connectivity index is 1.80. The van der Waals surface area contributed by atoms with Gasteiger partial charge in [-0.05, 0) is 24.1 Å². The molecule has 1 aromatic carbocycles. The maximum atomic E-state index is 12.4. The Kier molecular flexibility index (Phi) is 8.11. The minimum Gasteiger partial charge on any atom is -0.493 e. The number of carbonyl (C=O) groups is 3. The van der Waals surface area contributed by atoms with Crippen LogP contribution in [0.2, 0.25) is 0 Å². The van der Waals surface area contributed by atoms with E-state index < -0.39 is 0 Å². The number of piperazine rings is 1. The van der Waals surface area contributed by atoms with Crippen molar-refractivity contribution >= 4 is 17.9 Å². The van der Waals surface area contributed by atoms with E-state index in [2.05, 4.69) is 5.32 Å². The van der Waals surface area contributed by atoms with E-state index in [0.29, 0.717) is 49.8 Å². The SMILES string of the molecule is COc1ccc(C(=O)NCC(=O)N2CCN(C(=O)OCC(C)C)CC2)cc1OC.